The zero-order chi connectivity index (χ0) is 25.6. The van der Waals surface area contributed by atoms with Gasteiger partial charge in [0.1, 0.15) is 23.4 Å². The number of benzene rings is 2. The van der Waals surface area contributed by atoms with Crippen LogP contribution in [0.5, 0.6) is 17.2 Å². The lowest BCUT2D eigenvalue weighted by atomic mass is 10.1. The van der Waals surface area contributed by atoms with Crippen molar-refractivity contribution in [2.24, 2.45) is 5.92 Å². The second-order valence-electron chi connectivity index (χ2n) is 8.83. The lowest BCUT2D eigenvalue weighted by Gasteiger charge is -2.25. The third-order valence-electron chi connectivity index (χ3n) is 5.34. The van der Waals surface area contributed by atoms with E-state index >= 15 is 0 Å². The molecule has 0 heterocycles. The zero-order valence-corrected chi connectivity index (χ0v) is 20.2. The summed E-state index contributed by atoms with van der Waals surface area (Å²) in [5, 5.41) is 0. The van der Waals surface area contributed by atoms with Gasteiger partial charge in [-0.2, -0.15) is 0 Å². The van der Waals surface area contributed by atoms with Crippen LogP contribution in [0.3, 0.4) is 0 Å². The van der Waals surface area contributed by atoms with E-state index in [1.807, 2.05) is 13.0 Å². The van der Waals surface area contributed by atoms with Crippen molar-refractivity contribution in [2.75, 3.05) is 6.61 Å². The Morgan fingerprint density at radius 1 is 1.06 bits per heavy atom. The summed E-state index contributed by atoms with van der Waals surface area (Å²) in [4.78, 5) is 12.1. The fourth-order valence-corrected chi connectivity index (χ4v) is 3.37. The van der Waals surface area contributed by atoms with Gasteiger partial charge >= 0.3 is 12.3 Å². The average molecular weight is 491 g/mol. The van der Waals surface area contributed by atoms with E-state index in [9.17, 15) is 18.0 Å². The molecule has 35 heavy (non-hydrogen) atoms. The number of hydrogen-bond acceptors (Lipinski definition) is 5. The highest BCUT2D eigenvalue weighted by Gasteiger charge is 2.34. The minimum atomic E-state index is -4.72. The van der Waals surface area contributed by atoms with Gasteiger partial charge < -0.3 is 18.9 Å². The van der Waals surface area contributed by atoms with Crippen molar-refractivity contribution in [3.63, 3.8) is 0 Å². The monoisotopic (exact) mass is 490 g/mol. The van der Waals surface area contributed by atoms with Crippen molar-refractivity contribution >= 4 is 5.97 Å². The highest BCUT2D eigenvalue weighted by atomic mass is 19.4. The molecule has 2 aromatic rings. The van der Waals surface area contributed by atoms with Gasteiger partial charge in [-0.15, -0.1) is 13.2 Å². The highest BCUT2D eigenvalue weighted by Crippen LogP contribution is 2.37. The Morgan fingerprint density at radius 2 is 1.71 bits per heavy atom. The van der Waals surface area contributed by atoms with E-state index in [0.29, 0.717) is 29.4 Å². The zero-order valence-electron chi connectivity index (χ0n) is 20.2. The second-order valence-corrected chi connectivity index (χ2v) is 8.83. The molecule has 1 atom stereocenters. The number of hydrogen-bond donors (Lipinski definition) is 0. The van der Waals surface area contributed by atoms with Crippen LogP contribution in [0.25, 0.3) is 0 Å². The second kappa shape index (κ2) is 10.9. The van der Waals surface area contributed by atoms with E-state index in [1.165, 1.54) is 24.3 Å². The van der Waals surface area contributed by atoms with Crippen LogP contribution in [-0.4, -0.2) is 30.6 Å². The molecule has 3 rings (SSSR count). The van der Waals surface area contributed by atoms with Crippen LogP contribution in [0.15, 0.2) is 42.5 Å². The Kier molecular flexibility index (Phi) is 8.21. The SMILES string of the molecule is CCOC(=O)C(C)(C)Oc1ccc(OC(CC#Cc2ccc(OC(F)(F)F)cc2)C2CC2)cc1C. The van der Waals surface area contributed by atoms with Crippen LogP contribution in [-0.2, 0) is 9.53 Å². The molecule has 0 saturated heterocycles. The summed E-state index contributed by atoms with van der Waals surface area (Å²) in [6.45, 7) is 7.22. The van der Waals surface area contributed by atoms with Crippen LogP contribution in [0.2, 0.25) is 0 Å². The number of ether oxygens (including phenoxy) is 4. The topological polar surface area (TPSA) is 54.0 Å². The van der Waals surface area contributed by atoms with Crippen LogP contribution in [0, 0.1) is 24.7 Å². The maximum atomic E-state index is 12.3. The average Bonchev–Trinajstić information content (AvgIpc) is 3.60. The van der Waals surface area contributed by atoms with E-state index in [4.69, 9.17) is 14.2 Å². The molecule has 5 nitrogen and oxygen atoms in total. The quantitative estimate of drug-likeness (QED) is 0.309. The lowest BCUT2D eigenvalue weighted by Crippen LogP contribution is -2.39. The summed E-state index contributed by atoms with van der Waals surface area (Å²) in [7, 11) is 0. The first kappa shape index (κ1) is 26.3. The molecular weight excluding hydrogens is 461 g/mol. The van der Waals surface area contributed by atoms with Crippen LogP contribution < -0.4 is 14.2 Å². The van der Waals surface area contributed by atoms with Crippen molar-refractivity contribution in [2.45, 2.75) is 65.0 Å². The van der Waals surface area contributed by atoms with E-state index in [-0.39, 0.29) is 18.5 Å². The number of carbonyl (C=O) groups is 1. The Balaban J connectivity index is 1.61. The number of alkyl halides is 3. The molecular formula is C27H29F3O5. The summed E-state index contributed by atoms with van der Waals surface area (Å²) in [6, 6.07) is 10.9. The highest BCUT2D eigenvalue weighted by molar-refractivity contribution is 5.79. The summed E-state index contributed by atoms with van der Waals surface area (Å²) in [5.74, 6) is 6.98. The molecule has 0 aromatic heterocycles. The summed E-state index contributed by atoms with van der Waals surface area (Å²) in [6.07, 6.45) is -2.22. The Hall–Kier alpha value is -3.34. The van der Waals surface area contributed by atoms with E-state index in [0.717, 1.165) is 18.4 Å². The fourth-order valence-electron chi connectivity index (χ4n) is 3.37. The maximum absolute atomic E-state index is 12.3. The van der Waals surface area contributed by atoms with Crippen molar-refractivity contribution in [1.29, 1.82) is 0 Å². The molecule has 0 spiro atoms. The fraction of sp³-hybridized carbons (Fsp3) is 0.444. The van der Waals surface area contributed by atoms with E-state index < -0.39 is 17.9 Å². The number of halogens is 3. The van der Waals surface area contributed by atoms with Gasteiger partial charge in [-0.1, -0.05) is 11.8 Å². The molecule has 0 amide bonds. The molecule has 2 aromatic carbocycles. The molecule has 0 bridgehead atoms. The summed E-state index contributed by atoms with van der Waals surface area (Å²) in [5.41, 5.74) is 0.295. The predicted octanol–water partition coefficient (Wildman–Crippen LogP) is 6.21. The number of aryl methyl sites for hydroxylation is 1. The molecule has 0 radical (unpaired) electrons. The van der Waals surface area contributed by atoms with Gasteiger partial charge in [0.2, 0.25) is 0 Å². The molecule has 1 unspecified atom stereocenters. The summed E-state index contributed by atoms with van der Waals surface area (Å²) < 4.78 is 57.9. The number of carbonyl (C=O) groups excluding carboxylic acids is 1. The van der Waals surface area contributed by atoms with Gasteiger partial charge in [-0.05, 0) is 94.5 Å². The smallest absolute Gasteiger partial charge is 0.489 e. The standard InChI is InChI=1S/C27H29F3O5/c1-5-32-25(31)26(3,4)35-23-16-15-22(17-18(23)2)33-24(20-11-12-20)8-6-7-19-9-13-21(14-10-19)34-27(28,29)30/h9-10,13-17,20,24H,5,8,11-12H2,1-4H3. The van der Waals surface area contributed by atoms with Gasteiger partial charge in [0.15, 0.2) is 5.60 Å². The van der Waals surface area contributed by atoms with Crippen LogP contribution in [0.4, 0.5) is 13.2 Å². The third-order valence-corrected chi connectivity index (χ3v) is 5.34. The number of rotatable bonds is 9. The Morgan fingerprint density at radius 3 is 2.29 bits per heavy atom. The largest absolute Gasteiger partial charge is 0.573 e. The molecule has 1 saturated carbocycles. The van der Waals surface area contributed by atoms with Crippen molar-refractivity contribution in [3.8, 4) is 29.1 Å². The maximum Gasteiger partial charge on any atom is 0.573 e. The molecule has 1 aliphatic rings. The van der Waals surface area contributed by atoms with Gasteiger partial charge in [0.25, 0.3) is 0 Å². The van der Waals surface area contributed by atoms with Crippen LogP contribution >= 0.6 is 0 Å². The van der Waals surface area contributed by atoms with E-state index in [1.54, 1.807) is 32.9 Å². The minimum absolute atomic E-state index is 0.0996. The van der Waals surface area contributed by atoms with Crippen molar-refractivity contribution in [3.05, 3.63) is 53.6 Å². The molecule has 8 heteroatoms. The first-order chi connectivity index (χ1) is 16.5. The van der Waals surface area contributed by atoms with Gasteiger partial charge in [-0.3, -0.25) is 0 Å². The van der Waals surface area contributed by atoms with Crippen molar-refractivity contribution < 1.29 is 36.9 Å². The minimum Gasteiger partial charge on any atom is -0.489 e. The van der Waals surface area contributed by atoms with Crippen LogP contribution in [0.1, 0.15) is 51.2 Å². The molecule has 1 fully saturated rings. The molecule has 0 aliphatic heterocycles. The Labute approximate surface area is 203 Å². The molecule has 1 aliphatic carbocycles. The lowest BCUT2D eigenvalue weighted by molar-refractivity contribution is -0.274. The molecule has 0 N–H and O–H groups in total. The first-order valence-electron chi connectivity index (χ1n) is 11.4. The van der Waals surface area contributed by atoms with Gasteiger partial charge in [0.05, 0.1) is 6.61 Å². The van der Waals surface area contributed by atoms with Crippen molar-refractivity contribution in [1.82, 2.24) is 0 Å². The van der Waals surface area contributed by atoms with Gasteiger partial charge in [0, 0.05) is 12.0 Å². The third kappa shape index (κ3) is 8.13. The van der Waals surface area contributed by atoms with Gasteiger partial charge in [-0.25, -0.2) is 4.79 Å². The molecule has 188 valence electrons. The number of esters is 1. The predicted molar refractivity (Wildman–Crippen MR) is 124 cm³/mol. The van der Waals surface area contributed by atoms with E-state index in [2.05, 4.69) is 16.6 Å². The Bertz CT molecular complexity index is 1080. The first-order valence-corrected chi connectivity index (χ1v) is 11.4. The summed E-state index contributed by atoms with van der Waals surface area (Å²) >= 11 is 0. The normalized spacial score (nSPS) is 14.4.